The number of rotatable bonds is 6. The van der Waals surface area contributed by atoms with Crippen LogP contribution in [0.25, 0.3) is 10.9 Å². The van der Waals surface area contributed by atoms with E-state index in [9.17, 15) is 14.7 Å². The number of nitrogen functional groups attached to an aromatic ring is 1. The fourth-order valence-electron chi connectivity index (χ4n) is 4.01. The number of amides is 1. The van der Waals surface area contributed by atoms with Crippen molar-refractivity contribution in [2.75, 3.05) is 5.73 Å². The van der Waals surface area contributed by atoms with E-state index in [2.05, 4.69) is 9.97 Å². The highest BCUT2D eigenvalue weighted by atomic mass is 16.4. The molecule has 0 spiro atoms. The Morgan fingerprint density at radius 3 is 2.47 bits per heavy atom. The van der Waals surface area contributed by atoms with Gasteiger partial charge in [0.15, 0.2) is 0 Å². The number of carboxylic acid groups (broad SMARTS) is 1. The Bertz CT molecular complexity index is 1100. The van der Waals surface area contributed by atoms with E-state index in [1.807, 2.05) is 31.2 Å². The second-order valence-electron chi connectivity index (χ2n) is 7.67. The SMILES string of the molecule is CCCCC(C(=O)O)c1ccc2nc(N)nc(C(=O)N3Cc4ccccc4C3)c2c1. The molecule has 3 N–H and O–H groups in total. The lowest BCUT2D eigenvalue weighted by Gasteiger charge is -2.17. The van der Waals surface area contributed by atoms with Gasteiger partial charge in [-0.05, 0) is 35.2 Å². The van der Waals surface area contributed by atoms with Gasteiger partial charge in [-0.15, -0.1) is 0 Å². The molecule has 154 valence electrons. The Balaban J connectivity index is 1.74. The van der Waals surface area contributed by atoms with Gasteiger partial charge in [0.1, 0.15) is 5.69 Å². The Labute approximate surface area is 174 Å². The minimum atomic E-state index is -0.873. The fourth-order valence-corrected chi connectivity index (χ4v) is 4.01. The molecule has 3 aromatic rings. The maximum atomic E-state index is 13.3. The topological polar surface area (TPSA) is 109 Å². The number of nitrogens with two attached hydrogens (primary N) is 1. The van der Waals surface area contributed by atoms with Crippen LogP contribution in [0, 0.1) is 0 Å². The molecular formula is C23H24N4O3. The van der Waals surface area contributed by atoms with E-state index in [4.69, 9.17) is 5.73 Å². The van der Waals surface area contributed by atoms with Gasteiger partial charge in [-0.1, -0.05) is 50.1 Å². The molecule has 0 bridgehead atoms. The molecule has 0 radical (unpaired) electrons. The number of carbonyl (C=O) groups excluding carboxylic acids is 1. The van der Waals surface area contributed by atoms with Gasteiger partial charge in [0.25, 0.3) is 5.91 Å². The van der Waals surface area contributed by atoms with E-state index in [1.54, 1.807) is 23.1 Å². The molecule has 0 saturated heterocycles. The lowest BCUT2D eigenvalue weighted by Crippen LogP contribution is -2.27. The van der Waals surface area contributed by atoms with Gasteiger partial charge in [-0.2, -0.15) is 0 Å². The fraction of sp³-hybridized carbons (Fsp3) is 0.304. The van der Waals surface area contributed by atoms with Crippen molar-refractivity contribution in [2.45, 2.75) is 45.2 Å². The summed E-state index contributed by atoms with van der Waals surface area (Å²) < 4.78 is 0. The molecule has 30 heavy (non-hydrogen) atoms. The van der Waals surface area contributed by atoms with E-state index < -0.39 is 11.9 Å². The number of aliphatic carboxylic acids is 1. The smallest absolute Gasteiger partial charge is 0.310 e. The summed E-state index contributed by atoms with van der Waals surface area (Å²) >= 11 is 0. The molecule has 7 heteroatoms. The van der Waals surface area contributed by atoms with Crippen molar-refractivity contribution in [1.29, 1.82) is 0 Å². The Hall–Kier alpha value is -3.48. The van der Waals surface area contributed by atoms with Crippen molar-refractivity contribution >= 4 is 28.7 Å². The van der Waals surface area contributed by atoms with E-state index in [-0.39, 0.29) is 17.5 Å². The number of carbonyl (C=O) groups is 2. The highest BCUT2D eigenvalue weighted by Crippen LogP contribution is 2.29. The molecule has 1 atom stereocenters. The summed E-state index contributed by atoms with van der Waals surface area (Å²) in [4.78, 5) is 35.4. The molecule has 1 aliphatic rings. The summed E-state index contributed by atoms with van der Waals surface area (Å²) in [7, 11) is 0. The van der Waals surface area contributed by atoms with E-state index in [0.717, 1.165) is 24.0 Å². The second kappa shape index (κ2) is 8.10. The normalized spacial score (nSPS) is 14.0. The van der Waals surface area contributed by atoms with Crippen LogP contribution in [0.15, 0.2) is 42.5 Å². The molecule has 0 saturated carbocycles. The van der Waals surface area contributed by atoms with Crippen molar-refractivity contribution in [3.8, 4) is 0 Å². The Morgan fingerprint density at radius 1 is 1.13 bits per heavy atom. The van der Waals surface area contributed by atoms with Gasteiger partial charge < -0.3 is 15.7 Å². The maximum Gasteiger partial charge on any atom is 0.310 e. The number of hydrogen-bond acceptors (Lipinski definition) is 5. The molecule has 1 aromatic heterocycles. The monoisotopic (exact) mass is 404 g/mol. The lowest BCUT2D eigenvalue weighted by molar-refractivity contribution is -0.139. The first kappa shape index (κ1) is 19.8. The van der Waals surface area contributed by atoms with Gasteiger partial charge in [-0.3, -0.25) is 9.59 Å². The summed E-state index contributed by atoms with van der Waals surface area (Å²) in [5, 5.41) is 10.2. The van der Waals surface area contributed by atoms with Crippen LogP contribution in [0.2, 0.25) is 0 Å². The van der Waals surface area contributed by atoms with Gasteiger partial charge >= 0.3 is 5.97 Å². The standard InChI is InChI=1S/C23H24N4O3/c1-2-3-8-17(22(29)30)14-9-10-19-18(11-14)20(26-23(24)25-19)21(28)27-12-15-6-4-5-7-16(15)13-27/h4-7,9-11,17H,2-3,8,12-13H2,1H3,(H,29,30)(H2,24,25,26). The van der Waals surface area contributed by atoms with Gasteiger partial charge in [-0.25, -0.2) is 9.97 Å². The number of nitrogens with zero attached hydrogens (tertiary/aromatic N) is 3. The van der Waals surface area contributed by atoms with Crippen LogP contribution >= 0.6 is 0 Å². The van der Waals surface area contributed by atoms with Crippen LogP contribution in [-0.2, 0) is 17.9 Å². The predicted molar refractivity (Wildman–Crippen MR) is 114 cm³/mol. The van der Waals surface area contributed by atoms with Gasteiger partial charge in [0.2, 0.25) is 5.95 Å². The third-order valence-electron chi connectivity index (χ3n) is 5.61. The predicted octanol–water partition coefficient (Wildman–Crippen LogP) is 3.73. The summed E-state index contributed by atoms with van der Waals surface area (Å²) in [6.07, 6.45) is 2.26. The van der Waals surface area contributed by atoms with Crippen molar-refractivity contribution < 1.29 is 14.7 Å². The second-order valence-corrected chi connectivity index (χ2v) is 7.67. The number of fused-ring (bicyclic) bond motifs is 2. The summed E-state index contributed by atoms with van der Waals surface area (Å²) in [5.74, 6) is -1.72. The maximum absolute atomic E-state index is 13.3. The van der Waals surface area contributed by atoms with E-state index in [1.165, 1.54) is 0 Å². The Morgan fingerprint density at radius 2 is 1.83 bits per heavy atom. The van der Waals surface area contributed by atoms with Gasteiger partial charge in [0.05, 0.1) is 11.4 Å². The minimum Gasteiger partial charge on any atom is -0.481 e. The van der Waals surface area contributed by atoms with Crippen LogP contribution < -0.4 is 5.73 Å². The van der Waals surface area contributed by atoms with Crippen molar-refractivity contribution in [1.82, 2.24) is 14.9 Å². The number of hydrogen-bond donors (Lipinski definition) is 2. The van der Waals surface area contributed by atoms with Crippen LogP contribution in [0.1, 0.15) is 59.3 Å². The van der Waals surface area contributed by atoms with Crippen LogP contribution in [-0.4, -0.2) is 31.9 Å². The average Bonchev–Trinajstić information content (AvgIpc) is 3.17. The molecule has 2 heterocycles. The number of aromatic nitrogens is 2. The quantitative estimate of drug-likeness (QED) is 0.648. The van der Waals surface area contributed by atoms with Crippen LogP contribution in [0.4, 0.5) is 5.95 Å². The number of anilines is 1. The zero-order valence-electron chi connectivity index (χ0n) is 16.8. The summed E-state index contributed by atoms with van der Waals surface area (Å²) in [6, 6.07) is 13.2. The highest BCUT2D eigenvalue weighted by Gasteiger charge is 2.27. The summed E-state index contributed by atoms with van der Waals surface area (Å²) in [5.41, 5.74) is 9.50. The third kappa shape index (κ3) is 3.70. The molecule has 1 unspecified atom stereocenters. The molecule has 7 nitrogen and oxygen atoms in total. The first-order chi connectivity index (χ1) is 14.5. The zero-order chi connectivity index (χ0) is 21.3. The number of benzene rings is 2. The van der Waals surface area contributed by atoms with Crippen LogP contribution in [0.5, 0.6) is 0 Å². The zero-order valence-corrected chi connectivity index (χ0v) is 16.8. The molecule has 1 amide bonds. The van der Waals surface area contributed by atoms with Gasteiger partial charge in [0, 0.05) is 18.5 Å². The number of unbranched alkanes of at least 4 members (excludes halogenated alkanes) is 1. The first-order valence-corrected chi connectivity index (χ1v) is 10.1. The molecule has 0 fully saturated rings. The Kier molecular flexibility index (Phi) is 5.35. The molecule has 1 aliphatic heterocycles. The lowest BCUT2D eigenvalue weighted by atomic mass is 9.92. The van der Waals surface area contributed by atoms with E-state index in [0.29, 0.717) is 36.0 Å². The molecule has 4 rings (SSSR count). The largest absolute Gasteiger partial charge is 0.481 e. The van der Waals surface area contributed by atoms with Crippen LogP contribution in [0.3, 0.4) is 0 Å². The third-order valence-corrected chi connectivity index (χ3v) is 5.61. The van der Waals surface area contributed by atoms with Crippen molar-refractivity contribution in [3.05, 3.63) is 64.8 Å². The van der Waals surface area contributed by atoms with E-state index >= 15 is 0 Å². The van der Waals surface area contributed by atoms with Crippen molar-refractivity contribution in [2.24, 2.45) is 0 Å². The molecular weight excluding hydrogens is 380 g/mol. The first-order valence-electron chi connectivity index (χ1n) is 10.1. The summed E-state index contributed by atoms with van der Waals surface area (Å²) in [6.45, 7) is 3.05. The average molecular weight is 404 g/mol. The minimum absolute atomic E-state index is 0.0241. The molecule has 0 aliphatic carbocycles. The highest BCUT2D eigenvalue weighted by molar-refractivity contribution is 6.05. The van der Waals surface area contributed by atoms with Crippen molar-refractivity contribution in [3.63, 3.8) is 0 Å². The molecule has 2 aromatic carbocycles. The number of carboxylic acids is 1.